The number of carbonyl (C=O) groups excluding carboxylic acids is 2. The van der Waals surface area contributed by atoms with Crippen molar-refractivity contribution in [2.45, 2.75) is 39.5 Å². The Hall–Kier alpha value is -4.18. The van der Waals surface area contributed by atoms with Crippen LogP contribution in [0.25, 0.3) is 10.8 Å². The molecule has 4 rings (SSSR count). The van der Waals surface area contributed by atoms with Gasteiger partial charge in [0.15, 0.2) is 5.13 Å². The summed E-state index contributed by atoms with van der Waals surface area (Å²) in [7, 11) is 0. The third-order valence-electron chi connectivity index (χ3n) is 5.34. The van der Waals surface area contributed by atoms with E-state index in [4.69, 9.17) is 15.2 Å². The van der Waals surface area contributed by atoms with Crippen molar-refractivity contribution in [3.8, 4) is 17.4 Å². The second kappa shape index (κ2) is 10.2. The number of anilines is 2. The van der Waals surface area contributed by atoms with Gasteiger partial charge in [0.1, 0.15) is 11.5 Å². The van der Waals surface area contributed by atoms with Gasteiger partial charge in [-0.05, 0) is 30.0 Å². The maximum Gasteiger partial charge on any atom is 0.411 e. The van der Waals surface area contributed by atoms with Gasteiger partial charge in [-0.15, -0.1) is 11.3 Å². The van der Waals surface area contributed by atoms with E-state index in [1.54, 1.807) is 24.4 Å². The summed E-state index contributed by atoms with van der Waals surface area (Å²) in [5, 5.41) is 7.82. The van der Waals surface area contributed by atoms with E-state index < -0.39 is 6.09 Å². The SMILES string of the molecule is CCc1c(Oc2ccc(NC(=O)Nc3ncc(C(C)(C)C)s3)c3ccccc23)ccnc1OC(N)=O. The molecule has 0 atom stereocenters. The molecule has 0 unspecified atom stereocenters. The number of aromatic nitrogens is 2. The molecule has 3 amide bonds. The summed E-state index contributed by atoms with van der Waals surface area (Å²) in [6.45, 7) is 8.19. The first kappa shape index (κ1) is 24.9. The molecule has 0 saturated heterocycles. The summed E-state index contributed by atoms with van der Waals surface area (Å²) < 4.78 is 11.2. The minimum atomic E-state index is -0.944. The van der Waals surface area contributed by atoms with Crippen LogP contribution in [-0.2, 0) is 11.8 Å². The van der Waals surface area contributed by atoms with Crippen LogP contribution >= 0.6 is 11.3 Å². The van der Waals surface area contributed by atoms with Gasteiger partial charge in [0.05, 0.1) is 11.3 Å². The summed E-state index contributed by atoms with van der Waals surface area (Å²) in [5.41, 5.74) is 6.35. The van der Waals surface area contributed by atoms with Crippen molar-refractivity contribution in [2.75, 3.05) is 10.6 Å². The molecule has 0 spiro atoms. The van der Waals surface area contributed by atoms with Crippen molar-refractivity contribution in [3.63, 3.8) is 0 Å². The van der Waals surface area contributed by atoms with E-state index in [0.29, 0.717) is 34.3 Å². The van der Waals surface area contributed by atoms with Crippen LogP contribution in [0.2, 0.25) is 0 Å². The number of benzene rings is 2. The lowest BCUT2D eigenvalue weighted by Crippen LogP contribution is -2.19. The number of nitrogens with two attached hydrogens (primary N) is 1. The number of rotatable bonds is 6. The van der Waals surface area contributed by atoms with E-state index in [1.165, 1.54) is 17.5 Å². The number of nitrogens with zero attached hydrogens (tertiary/aromatic N) is 2. The van der Waals surface area contributed by atoms with Crippen LogP contribution in [0.1, 0.15) is 38.1 Å². The number of hydrogen-bond donors (Lipinski definition) is 3. The van der Waals surface area contributed by atoms with Crippen molar-refractivity contribution >= 4 is 45.1 Å². The van der Waals surface area contributed by atoms with Crippen LogP contribution in [0.3, 0.4) is 0 Å². The first-order valence-corrected chi connectivity index (χ1v) is 12.2. The van der Waals surface area contributed by atoms with Gasteiger partial charge >= 0.3 is 12.1 Å². The lowest BCUT2D eigenvalue weighted by Gasteiger charge is -2.16. The number of thiazole rings is 1. The fraction of sp³-hybridized carbons (Fsp3) is 0.231. The van der Waals surface area contributed by atoms with Crippen LogP contribution in [0.5, 0.6) is 17.4 Å². The maximum absolute atomic E-state index is 12.7. The van der Waals surface area contributed by atoms with Gasteiger partial charge in [0, 0.05) is 28.0 Å². The average molecular weight is 506 g/mol. The van der Waals surface area contributed by atoms with Gasteiger partial charge in [0.2, 0.25) is 5.88 Å². The maximum atomic E-state index is 12.7. The van der Waals surface area contributed by atoms with Crippen molar-refractivity contribution in [1.82, 2.24) is 9.97 Å². The number of fused-ring (bicyclic) bond motifs is 1. The number of hydrogen-bond acceptors (Lipinski definition) is 7. The van der Waals surface area contributed by atoms with Crippen molar-refractivity contribution in [1.29, 1.82) is 0 Å². The molecule has 0 fully saturated rings. The number of nitrogens with one attached hydrogen (secondary N) is 2. The summed E-state index contributed by atoms with van der Waals surface area (Å²) in [6.07, 6.45) is 2.84. The Balaban J connectivity index is 1.59. The second-order valence-corrected chi connectivity index (χ2v) is 10.0. The summed E-state index contributed by atoms with van der Waals surface area (Å²) in [4.78, 5) is 33.4. The quantitative estimate of drug-likeness (QED) is 0.276. The first-order chi connectivity index (χ1) is 17.2. The Labute approximate surface area is 212 Å². The van der Waals surface area contributed by atoms with Gasteiger partial charge in [-0.2, -0.15) is 0 Å². The minimum Gasteiger partial charge on any atom is -0.456 e. The van der Waals surface area contributed by atoms with Gasteiger partial charge in [-0.3, -0.25) is 5.32 Å². The van der Waals surface area contributed by atoms with Crippen LogP contribution in [0.15, 0.2) is 54.9 Å². The summed E-state index contributed by atoms with van der Waals surface area (Å²) >= 11 is 1.45. The molecule has 186 valence electrons. The lowest BCUT2D eigenvalue weighted by molar-refractivity contribution is 0.208. The number of amides is 3. The molecule has 2 heterocycles. The Kier molecular flexibility index (Phi) is 7.07. The molecule has 0 aliphatic carbocycles. The van der Waals surface area contributed by atoms with E-state index in [-0.39, 0.29) is 17.3 Å². The minimum absolute atomic E-state index is 0.0424. The summed E-state index contributed by atoms with van der Waals surface area (Å²) in [6, 6.07) is 12.4. The van der Waals surface area contributed by atoms with Gasteiger partial charge in [-0.1, -0.05) is 52.0 Å². The molecular weight excluding hydrogens is 478 g/mol. The van der Waals surface area contributed by atoms with E-state index in [2.05, 4.69) is 41.4 Å². The lowest BCUT2D eigenvalue weighted by atomic mass is 9.96. The number of urea groups is 1. The largest absolute Gasteiger partial charge is 0.456 e. The standard InChI is InChI=1S/C26H27N5O4S/c1-5-15-20(12-13-28-22(15)35-23(27)32)34-19-11-10-18(16-8-6-7-9-17(16)19)30-24(33)31-25-29-14-21(36-25)26(2,3)4/h6-14H,5H2,1-4H3,(H2,27,32)(H2,29,30,31,33). The molecule has 2 aromatic carbocycles. The molecule has 0 bridgehead atoms. The van der Waals surface area contributed by atoms with E-state index >= 15 is 0 Å². The molecule has 10 heteroatoms. The normalized spacial score (nSPS) is 11.2. The van der Waals surface area contributed by atoms with Gasteiger partial charge in [-0.25, -0.2) is 19.6 Å². The second-order valence-electron chi connectivity index (χ2n) is 8.99. The highest BCUT2D eigenvalue weighted by molar-refractivity contribution is 7.15. The zero-order chi connectivity index (χ0) is 25.9. The fourth-order valence-electron chi connectivity index (χ4n) is 3.58. The molecule has 4 N–H and O–H groups in total. The number of ether oxygens (including phenoxy) is 2. The number of pyridine rings is 1. The molecule has 0 saturated carbocycles. The molecule has 0 aliphatic heterocycles. The number of primary amides is 1. The van der Waals surface area contributed by atoms with E-state index in [1.807, 2.05) is 31.2 Å². The van der Waals surface area contributed by atoms with Crippen molar-refractivity contribution in [2.24, 2.45) is 5.73 Å². The molecule has 2 aromatic heterocycles. The predicted molar refractivity (Wildman–Crippen MR) is 141 cm³/mol. The Morgan fingerprint density at radius 2 is 1.75 bits per heavy atom. The molecule has 4 aromatic rings. The van der Waals surface area contributed by atoms with E-state index in [0.717, 1.165) is 15.6 Å². The Morgan fingerprint density at radius 3 is 2.42 bits per heavy atom. The third-order valence-corrected chi connectivity index (χ3v) is 6.68. The first-order valence-electron chi connectivity index (χ1n) is 11.3. The molecular formula is C26H27N5O4S. The van der Waals surface area contributed by atoms with Gasteiger partial charge < -0.3 is 20.5 Å². The third kappa shape index (κ3) is 5.55. The highest BCUT2D eigenvalue weighted by Crippen LogP contribution is 2.37. The van der Waals surface area contributed by atoms with Crippen LogP contribution in [0.4, 0.5) is 20.4 Å². The van der Waals surface area contributed by atoms with Crippen molar-refractivity contribution < 1.29 is 19.1 Å². The highest BCUT2D eigenvalue weighted by Gasteiger charge is 2.19. The fourth-order valence-corrected chi connectivity index (χ4v) is 4.45. The predicted octanol–water partition coefficient (Wildman–Crippen LogP) is 6.45. The zero-order valence-electron chi connectivity index (χ0n) is 20.4. The topological polar surface area (TPSA) is 128 Å². The molecule has 0 radical (unpaired) electrons. The van der Waals surface area contributed by atoms with Crippen LogP contribution in [0, 0.1) is 0 Å². The number of carbonyl (C=O) groups is 2. The highest BCUT2D eigenvalue weighted by atomic mass is 32.1. The Bertz CT molecular complexity index is 1430. The smallest absolute Gasteiger partial charge is 0.411 e. The molecule has 9 nitrogen and oxygen atoms in total. The molecule has 36 heavy (non-hydrogen) atoms. The monoisotopic (exact) mass is 505 g/mol. The van der Waals surface area contributed by atoms with Crippen LogP contribution in [-0.4, -0.2) is 22.1 Å². The van der Waals surface area contributed by atoms with E-state index in [9.17, 15) is 9.59 Å². The average Bonchev–Trinajstić information content (AvgIpc) is 3.29. The van der Waals surface area contributed by atoms with Gasteiger partial charge in [0.25, 0.3) is 0 Å². The van der Waals surface area contributed by atoms with Crippen molar-refractivity contribution in [3.05, 3.63) is 65.3 Å². The zero-order valence-corrected chi connectivity index (χ0v) is 21.2. The molecule has 0 aliphatic rings. The van der Waals surface area contributed by atoms with Crippen LogP contribution < -0.4 is 25.8 Å². The Morgan fingerprint density at radius 1 is 1.00 bits per heavy atom. The summed E-state index contributed by atoms with van der Waals surface area (Å²) in [5.74, 6) is 1.17.